The van der Waals surface area contributed by atoms with E-state index in [1.807, 2.05) is 13.8 Å². The molecule has 3 heteroatoms. The molecule has 39 heavy (non-hydrogen) atoms. The SMILES string of the molecule is CCC(=O)CCCCc1cc(Cc2cc(CCCCC(=O)CC)cc(C(C)(C)C)c2O)c(C)c(C(C)(C)C)c1. The number of phenols is 1. The first kappa shape index (κ1) is 32.8. The summed E-state index contributed by atoms with van der Waals surface area (Å²) in [4.78, 5) is 23.5. The van der Waals surface area contributed by atoms with Crippen LogP contribution in [0.25, 0.3) is 0 Å². The topological polar surface area (TPSA) is 54.4 Å². The number of Topliss-reactive ketones (excluding diaryl/α,β-unsaturated/α-hetero) is 2. The second-order valence-electron chi connectivity index (χ2n) is 13.5. The van der Waals surface area contributed by atoms with Crippen LogP contribution in [0, 0.1) is 6.92 Å². The monoisotopic (exact) mass is 534 g/mol. The van der Waals surface area contributed by atoms with Crippen molar-refractivity contribution < 1.29 is 14.7 Å². The fraction of sp³-hybridized carbons (Fsp3) is 0.611. The van der Waals surface area contributed by atoms with Crippen molar-refractivity contribution in [2.75, 3.05) is 0 Å². The van der Waals surface area contributed by atoms with Crippen LogP contribution >= 0.6 is 0 Å². The molecule has 0 saturated carbocycles. The van der Waals surface area contributed by atoms with Gasteiger partial charge in [-0.3, -0.25) is 9.59 Å². The minimum Gasteiger partial charge on any atom is -0.507 e. The quantitative estimate of drug-likeness (QED) is 0.246. The third kappa shape index (κ3) is 9.92. The van der Waals surface area contributed by atoms with Gasteiger partial charge in [0.15, 0.2) is 0 Å². The zero-order valence-corrected chi connectivity index (χ0v) is 26.4. The predicted octanol–water partition coefficient (Wildman–Crippen LogP) is 9.27. The number of aromatic hydroxyl groups is 1. The van der Waals surface area contributed by atoms with Crippen molar-refractivity contribution in [1.82, 2.24) is 0 Å². The van der Waals surface area contributed by atoms with Crippen molar-refractivity contribution in [2.45, 2.75) is 144 Å². The number of ketones is 2. The summed E-state index contributed by atoms with van der Waals surface area (Å²) >= 11 is 0. The Morgan fingerprint density at radius 3 is 1.54 bits per heavy atom. The van der Waals surface area contributed by atoms with Crippen molar-refractivity contribution in [3.63, 3.8) is 0 Å². The molecule has 3 nitrogen and oxygen atoms in total. The van der Waals surface area contributed by atoms with Gasteiger partial charge in [-0.05, 0) is 95.2 Å². The number of rotatable bonds is 14. The molecule has 216 valence electrons. The van der Waals surface area contributed by atoms with Crippen LogP contribution in [-0.4, -0.2) is 16.7 Å². The zero-order valence-electron chi connectivity index (χ0n) is 26.4. The molecule has 2 aromatic rings. The van der Waals surface area contributed by atoms with Crippen LogP contribution in [-0.2, 0) is 39.7 Å². The van der Waals surface area contributed by atoms with Crippen LogP contribution in [0.2, 0.25) is 0 Å². The summed E-state index contributed by atoms with van der Waals surface area (Å²) in [5.74, 6) is 1.09. The van der Waals surface area contributed by atoms with Gasteiger partial charge in [0.25, 0.3) is 0 Å². The van der Waals surface area contributed by atoms with Gasteiger partial charge in [-0.1, -0.05) is 79.7 Å². The average molecular weight is 535 g/mol. The highest BCUT2D eigenvalue weighted by Gasteiger charge is 2.24. The molecule has 0 aromatic heterocycles. The summed E-state index contributed by atoms with van der Waals surface area (Å²) in [6, 6.07) is 9.04. The van der Waals surface area contributed by atoms with E-state index >= 15 is 0 Å². The molecule has 0 aliphatic carbocycles. The normalized spacial score (nSPS) is 12.1. The first-order valence-electron chi connectivity index (χ1n) is 15.2. The van der Waals surface area contributed by atoms with Crippen LogP contribution in [0.4, 0.5) is 0 Å². The van der Waals surface area contributed by atoms with Crippen molar-refractivity contribution in [1.29, 1.82) is 0 Å². The average Bonchev–Trinajstić information content (AvgIpc) is 2.85. The molecule has 0 fully saturated rings. The van der Waals surface area contributed by atoms with Gasteiger partial charge < -0.3 is 5.11 Å². The summed E-state index contributed by atoms with van der Waals surface area (Å²) in [5.41, 5.74) is 8.29. The molecule has 0 radical (unpaired) electrons. The molecule has 0 bridgehead atoms. The van der Waals surface area contributed by atoms with Crippen LogP contribution in [0.1, 0.15) is 146 Å². The molecule has 0 saturated heterocycles. The molecule has 0 amide bonds. The van der Waals surface area contributed by atoms with Crippen molar-refractivity contribution in [2.24, 2.45) is 0 Å². The Balaban J connectivity index is 2.42. The van der Waals surface area contributed by atoms with E-state index in [0.717, 1.165) is 49.7 Å². The molecule has 2 aromatic carbocycles. The Morgan fingerprint density at radius 1 is 0.667 bits per heavy atom. The summed E-state index contributed by atoms with van der Waals surface area (Å²) in [7, 11) is 0. The van der Waals surface area contributed by atoms with E-state index < -0.39 is 0 Å². The number of phenolic OH excluding ortho intramolecular Hbond substituents is 1. The van der Waals surface area contributed by atoms with Gasteiger partial charge in [0.2, 0.25) is 0 Å². The predicted molar refractivity (Wildman–Crippen MR) is 165 cm³/mol. The van der Waals surface area contributed by atoms with Crippen molar-refractivity contribution in [3.05, 3.63) is 63.2 Å². The summed E-state index contributed by atoms with van der Waals surface area (Å²) < 4.78 is 0. The molecule has 0 aliphatic rings. The van der Waals surface area contributed by atoms with Gasteiger partial charge in [-0.2, -0.15) is 0 Å². The summed E-state index contributed by atoms with van der Waals surface area (Å²) in [5, 5.41) is 11.4. The first-order chi connectivity index (χ1) is 18.2. The standard InChI is InChI=1S/C36H54O3/c1-10-30(37)18-14-12-16-26-20-28(25(3)32(22-26)35(4,5)6)24-29-21-27(17-13-15-19-31(38)11-2)23-33(34(29)39)36(7,8)9/h20-23,39H,10-19,24H2,1-9H3. The smallest absolute Gasteiger partial charge is 0.132 e. The van der Waals surface area contributed by atoms with E-state index in [1.165, 1.54) is 27.8 Å². The number of hydrogen-bond donors (Lipinski definition) is 1. The summed E-state index contributed by atoms with van der Waals surface area (Å²) in [6.45, 7) is 19.3. The number of hydrogen-bond acceptors (Lipinski definition) is 3. The maximum absolute atomic E-state index is 11.8. The highest BCUT2D eigenvalue weighted by atomic mass is 16.3. The minimum atomic E-state index is -0.170. The number of benzene rings is 2. The highest BCUT2D eigenvalue weighted by molar-refractivity contribution is 5.78. The van der Waals surface area contributed by atoms with Gasteiger partial charge in [0.1, 0.15) is 17.3 Å². The number of aryl methyl sites for hydroxylation is 2. The van der Waals surface area contributed by atoms with E-state index in [-0.39, 0.29) is 10.8 Å². The lowest BCUT2D eigenvalue weighted by atomic mass is 9.79. The lowest BCUT2D eigenvalue weighted by molar-refractivity contribution is -0.119. The van der Waals surface area contributed by atoms with E-state index in [0.29, 0.717) is 49.4 Å². The summed E-state index contributed by atoms with van der Waals surface area (Å²) in [6.07, 6.45) is 8.95. The molecular formula is C36H54O3. The van der Waals surface area contributed by atoms with Crippen LogP contribution in [0.3, 0.4) is 0 Å². The maximum atomic E-state index is 11.8. The van der Waals surface area contributed by atoms with Crippen molar-refractivity contribution >= 4 is 11.6 Å². The fourth-order valence-electron chi connectivity index (χ4n) is 5.42. The third-order valence-electron chi connectivity index (χ3n) is 7.95. The fourth-order valence-corrected chi connectivity index (χ4v) is 5.42. The second-order valence-corrected chi connectivity index (χ2v) is 13.5. The van der Waals surface area contributed by atoms with Gasteiger partial charge >= 0.3 is 0 Å². The Morgan fingerprint density at radius 2 is 1.10 bits per heavy atom. The number of carbonyl (C=O) groups excluding carboxylic acids is 2. The van der Waals surface area contributed by atoms with E-state index in [4.69, 9.17) is 0 Å². The molecular weight excluding hydrogens is 480 g/mol. The third-order valence-corrected chi connectivity index (χ3v) is 7.95. The Kier molecular flexibility index (Phi) is 12.0. The van der Waals surface area contributed by atoms with Crippen LogP contribution < -0.4 is 0 Å². The number of carbonyl (C=O) groups is 2. The van der Waals surface area contributed by atoms with Crippen molar-refractivity contribution in [3.8, 4) is 5.75 Å². The van der Waals surface area contributed by atoms with Gasteiger partial charge in [-0.25, -0.2) is 0 Å². The van der Waals surface area contributed by atoms with E-state index in [9.17, 15) is 14.7 Å². The van der Waals surface area contributed by atoms with Crippen LogP contribution in [0.15, 0.2) is 24.3 Å². The van der Waals surface area contributed by atoms with E-state index in [2.05, 4.69) is 72.7 Å². The lowest BCUT2D eigenvalue weighted by Gasteiger charge is -2.26. The van der Waals surface area contributed by atoms with Gasteiger partial charge in [-0.15, -0.1) is 0 Å². The first-order valence-corrected chi connectivity index (χ1v) is 15.2. The second kappa shape index (κ2) is 14.3. The highest BCUT2D eigenvalue weighted by Crippen LogP contribution is 2.37. The molecule has 1 N–H and O–H groups in total. The molecule has 0 atom stereocenters. The molecule has 0 spiro atoms. The van der Waals surface area contributed by atoms with Gasteiger partial charge in [0, 0.05) is 32.1 Å². The Labute approximate surface area is 238 Å². The minimum absolute atomic E-state index is 0.0173. The largest absolute Gasteiger partial charge is 0.507 e. The molecule has 2 rings (SSSR count). The van der Waals surface area contributed by atoms with Crippen LogP contribution in [0.5, 0.6) is 5.75 Å². The Bertz CT molecular complexity index is 1040. The number of unbranched alkanes of at least 4 members (excludes halogenated alkanes) is 2. The lowest BCUT2D eigenvalue weighted by Crippen LogP contribution is -2.16. The van der Waals surface area contributed by atoms with E-state index in [1.54, 1.807) is 0 Å². The Hall–Kier alpha value is -2.42. The molecule has 0 unspecified atom stereocenters. The molecule has 0 aliphatic heterocycles. The molecule has 0 heterocycles. The van der Waals surface area contributed by atoms with Gasteiger partial charge in [0.05, 0.1) is 0 Å². The zero-order chi connectivity index (χ0) is 29.4. The maximum Gasteiger partial charge on any atom is 0.132 e.